The number of carbonyl (C=O) groups is 2. The van der Waals surface area contributed by atoms with Gasteiger partial charge in [0.05, 0.1) is 11.5 Å². The number of aromatic nitrogens is 3. The summed E-state index contributed by atoms with van der Waals surface area (Å²) in [6.07, 6.45) is 2.36. The number of hydrogen-bond acceptors (Lipinski definition) is 6. The molecule has 3 aromatic carbocycles. The summed E-state index contributed by atoms with van der Waals surface area (Å²) in [4.78, 5) is 34.6. The second kappa shape index (κ2) is 11.3. The van der Waals surface area contributed by atoms with Crippen LogP contribution in [0.4, 0.5) is 32.1 Å². The van der Waals surface area contributed by atoms with Gasteiger partial charge in [-0.25, -0.2) is 19.2 Å². The lowest BCUT2D eigenvalue weighted by atomic mass is 10.1. The normalized spacial score (nSPS) is 11.7. The van der Waals surface area contributed by atoms with Crippen LogP contribution in [0.15, 0.2) is 85.3 Å². The minimum atomic E-state index is -0.658. The van der Waals surface area contributed by atoms with Crippen molar-refractivity contribution in [3.63, 3.8) is 0 Å². The number of rotatable bonds is 7. The van der Waals surface area contributed by atoms with Crippen LogP contribution in [0.5, 0.6) is 0 Å². The Morgan fingerprint density at radius 3 is 2.60 bits per heavy atom. The number of anilines is 4. The summed E-state index contributed by atoms with van der Waals surface area (Å²) < 4.78 is 14.4. The molecule has 0 aliphatic rings. The number of hydrogen-bond donors (Lipinski definition) is 4. The van der Waals surface area contributed by atoms with E-state index in [2.05, 4.69) is 25.9 Å². The maximum atomic E-state index is 13.3. The number of benzene rings is 3. The molecule has 5 aromatic rings. The molecule has 0 radical (unpaired) electrons. The van der Waals surface area contributed by atoms with Gasteiger partial charge in [0.2, 0.25) is 0 Å². The van der Waals surface area contributed by atoms with Gasteiger partial charge < -0.3 is 21.1 Å². The molecule has 0 aliphatic heterocycles. The van der Waals surface area contributed by atoms with Gasteiger partial charge in [-0.05, 0) is 73.0 Å². The first kappa shape index (κ1) is 26.5. The van der Waals surface area contributed by atoms with Crippen molar-refractivity contribution in [2.75, 3.05) is 16.0 Å². The van der Waals surface area contributed by atoms with Crippen molar-refractivity contribution in [2.45, 2.75) is 26.6 Å². The molecule has 5 rings (SSSR count). The van der Waals surface area contributed by atoms with E-state index in [-0.39, 0.29) is 5.91 Å². The molecule has 0 spiro atoms. The number of aliphatic hydroxyl groups is 1. The molecule has 0 aliphatic carbocycles. The molecule has 2 amide bonds. The second-order valence-corrected chi connectivity index (χ2v) is 9.32. The number of carbonyl (C=O) groups excluding carboxylic acids is 2. The Morgan fingerprint density at radius 2 is 1.80 bits per heavy atom. The highest BCUT2D eigenvalue weighted by atomic mass is 19.1. The van der Waals surface area contributed by atoms with E-state index < -0.39 is 18.8 Å². The standard InChI is InChI=1S/C30H27FN6O3/c1-18-9-10-24(35-29(39)22-7-3-5-20(13-22)16-31)15-26(18)36-30(40)37-12-11-25-27(32-17-33-28(25)37)34-23-8-4-6-21(14-23)19(2)38/h3-15,17,19,38H,16H2,1-2H3,(H,35,39)(H,36,40)(H,32,33,34). The van der Waals surface area contributed by atoms with E-state index in [0.29, 0.717) is 39.4 Å². The first-order valence-electron chi connectivity index (χ1n) is 12.6. The number of alkyl halides is 1. The molecule has 1 unspecified atom stereocenters. The van der Waals surface area contributed by atoms with Crippen LogP contribution in [0.1, 0.15) is 40.1 Å². The number of nitrogens with zero attached hydrogens (tertiary/aromatic N) is 3. The predicted octanol–water partition coefficient (Wildman–Crippen LogP) is 6.34. The summed E-state index contributed by atoms with van der Waals surface area (Å²) in [7, 11) is 0. The van der Waals surface area contributed by atoms with Gasteiger partial charge in [0.1, 0.15) is 18.8 Å². The third-order valence-corrected chi connectivity index (χ3v) is 6.41. The number of nitrogens with one attached hydrogen (secondary N) is 3. The lowest BCUT2D eigenvalue weighted by Crippen LogP contribution is -2.20. The molecule has 9 nitrogen and oxygen atoms in total. The number of halogens is 1. The van der Waals surface area contributed by atoms with E-state index in [0.717, 1.165) is 16.8 Å². The summed E-state index contributed by atoms with van der Waals surface area (Å²) in [5.41, 5.74) is 4.41. The third-order valence-electron chi connectivity index (χ3n) is 6.41. The maximum absolute atomic E-state index is 13.3. The third kappa shape index (κ3) is 5.67. The molecule has 10 heteroatoms. The second-order valence-electron chi connectivity index (χ2n) is 9.32. The smallest absolute Gasteiger partial charge is 0.331 e. The summed E-state index contributed by atoms with van der Waals surface area (Å²) in [6.45, 7) is 2.87. The molecule has 0 fully saturated rings. The summed E-state index contributed by atoms with van der Waals surface area (Å²) in [6, 6.07) is 20.2. The highest BCUT2D eigenvalue weighted by Crippen LogP contribution is 2.27. The van der Waals surface area contributed by atoms with E-state index in [1.54, 1.807) is 55.6 Å². The largest absolute Gasteiger partial charge is 0.389 e. The van der Waals surface area contributed by atoms with Crippen molar-refractivity contribution in [2.24, 2.45) is 0 Å². The fraction of sp³-hybridized carbons (Fsp3) is 0.133. The lowest BCUT2D eigenvalue weighted by Gasteiger charge is -2.13. The Labute approximate surface area is 229 Å². The molecule has 0 saturated carbocycles. The topological polar surface area (TPSA) is 121 Å². The van der Waals surface area contributed by atoms with Crippen molar-refractivity contribution < 1.29 is 19.1 Å². The van der Waals surface area contributed by atoms with E-state index in [4.69, 9.17) is 0 Å². The van der Waals surface area contributed by atoms with Crippen molar-refractivity contribution in [1.29, 1.82) is 0 Å². The molecule has 4 N–H and O–H groups in total. The van der Waals surface area contributed by atoms with Gasteiger partial charge in [-0.2, -0.15) is 0 Å². The fourth-order valence-corrected chi connectivity index (χ4v) is 4.24. The summed E-state index contributed by atoms with van der Waals surface area (Å²) in [5.74, 6) is 0.126. The molecule has 202 valence electrons. The first-order chi connectivity index (χ1) is 19.3. The fourth-order valence-electron chi connectivity index (χ4n) is 4.24. The number of amides is 2. The van der Waals surface area contributed by atoms with Crippen LogP contribution < -0.4 is 16.0 Å². The Bertz CT molecular complexity index is 1720. The van der Waals surface area contributed by atoms with Crippen molar-refractivity contribution in [3.8, 4) is 0 Å². The van der Waals surface area contributed by atoms with E-state index >= 15 is 0 Å². The molecule has 1 atom stereocenters. The quantitative estimate of drug-likeness (QED) is 0.192. The Kier molecular flexibility index (Phi) is 7.52. The zero-order valence-corrected chi connectivity index (χ0v) is 21.9. The van der Waals surface area contributed by atoms with Crippen molar-refractivity contribution in [3.05, 3.63) is 108 Å². The monoisotopic (exact) mass is 538 g/mol. The van der Waals surface area contributed by atoms with Crippen LogP contribution >= 0.6 is 0 Å². The average molecular weight is 539 g/mol. The Hall–Kier alpha value is -5.09. The minimum Gasteiger partial charge on any atom is -0.389 e. The van der Waals surface area contributed by atoms with Gasteiger partial charge in [0.15, 0.2) is 5.65 Å². The molecular formula is C30H27FN6O3. The van der Waals surface area contributed by atoms with Crippen LogP contribution in [-0.4, -0.2) is 31.6 Å². The van der Waals surface area contributed by atoms with E-state index in [9.17, 15) is 19.1 Å². The maximum Gasteiger partial charge on any atom is 0.331 e. The van der Waals surface area contributed by atoms with Crippen LogP contribution in [0, 0.1) is 6.92 Å². The zero-order chi connectivity index (χ0) is 28.2. The SMILES string of the molecule is Cc1ccc(NC(=O)c2cccc(CF)c2)cc1NC(=O)n1ccc2c(Nc3cccc(C(C)O)c3)ncnc21. The lowest BCUT2D eigenvalue weighted by molar-refractivity contribution is 0.102. The minimum absolute atomic E-state index is 0.335. The molecule has 0 bridgehead atoms. The zero-order valence-electron chi connectivity index (χ0n) is 21.9. The van der Waals surface area contributed by atoms with Gasteiger partial charge >= 0.3 is 6.03 Å². The number of aryl methyl sites for hydroxylation is 1. The summed E-state index contributed by atoms with van der Waals surface area (Å²) >= 11 is 0. The molecule has 2 heterocycles. The Morgan fingerprint density at radius 1 is 0.975 bits per heavy atom. The number of fused-ring (bicyclic) bond motifs is 1. The van der Waals surface area contributed by atoms with Crippen LogP contribution in [-0.2, 0) is 6.67 Å². The predicted molar refractivity (Wildman–Crippen MR) is 153 cm³/mol. The highest BCUT2D eigenvalue weighted by molar-refractivity contribution is 6.05. The van der Waals surface area contributed by atoms with E-state index in [1.807, 2.05) is 31.2 Å². The van der Waals surface area contributed by atoms with Crippen LogP contribution in [0.2, 0.25) is 0 Å². The van der Waals surface area contributed by atoms with Gasteiger partial charge in [-0.3, -0.25) is 9.36 Å². The first-order valence-corrected chi connectivity index (χ1v) is 12.6. The van der Waals surface area contributed by atoms with Crippen molar-refractivity contribution >= 4 is 45.9 Å². The summed E-state index contributed by atoms with van der Waals surface area (Å²) in [5, 5.41) is 19.4. The molecule has 0 saturated heterocycles. The highest BCUT2D eigenvalue weighted by Gasteiger charge is 2.16. The van der Waals surface area contributed by atoms with E-state index in [1.165, 1.54) is 17.0 Å². The average Bonchev–Trinajstić information content (AvgIpc) is 3.40. The molecule has 2 aromatic heterocycles. The van der Waals surface area contributed by atoms with Crippen LogP contribution in [0.25, 0.3) is 11.0 Å². The Balaban J connectivity index is 1.35. The van der Waals surface area contributed by atoms with Gasteiger partial charge in [-0.1, -0.05) is 30.3 Å². The molecular weight excluding hydrogens is 511 g/mol. The van der Waals surface area contributed by atoms with Crippen LogP contribution in [0.3, 0.4) is 0 Å². The van der Waals surface area contributed by atoms with Crippen molar-refractivity contribution in [1.82, 2.24) is 14.5 Å². The van der Waals surface area contributed by atoms with Gasteiger partial charge in [0, 0.05) is 28.8 Å². The number of aliphatic hydroxyl groups excluding tert-OH is 1. The van der Waals surface area contributed by atoms with Gasteiger partial charge in [0.25, 0.3) is 5.91 Å². The van der Waals surface area contributed by atoms with Gasteiger partial charge in [-0.15, -0.1) is 0 Å². The molecule has 40 heavy (non-hydrogen) atoms.